The summed E-state index contributed by atoms with van der Waals surface area (Å²) >= 11 is 4.77. The van der Waals surface area contributed by atoms with Crippen LogP contribution in [0.15, 0.2) is 57.2 Å². The van der Waals surface area contributed by atoms with Gasteiger partial charge in [-0.3, -0.25) is 10.1 Å². The van der Waals surface area contributed by atoms with E-state index >= 15 is 4.39 Å². The fourth-order valence-corrected chi connectivity index (χ4v) is 5.79. The van der Waals surface area contributed by atoms with Crippen LogP contribution in [0.25, 0.3) is 22.2 Å². The van der Waals surface area contributed by atoms with Crippen LogP contribution in [0, 0.1) is 5.82 Å². The molecule has 0 unspecified atom stereocenters. The van der Waals surface area contributed by atoms with Gasteiger partial charge in [0.15, 0.2) is 5.13 Å². The molecule has 2 N–H and O–H groups in total. The van der Waals surface area contributed by atoms with Gasteiger partial charge in [0.05, 0.1) is 16.9 Å². The molecule has 4 aromatic rings. The van der Waals surface area contributed by atoms with Crippen molar-refractivity contribution >= 4 is 61.0 Å². The van der Waals surface area contributed by atoms with E-state index in [1.165, 1.54) is 17.5 Å². The fourth-order valence-electron chi connectivity index (χ4n) is 4.81. The molecular formula is C27H23BrFN5O4S. The lowest BCUT2D eigenvalue weighted by atomic mass is 10.1. The van der Waals surface area contributed by atoms with E-state index in [0.29, 0.717) is 42.5 Å². The quantitative estimate of drug-likeness (QED) is 0.312. The number of rotatable bonds is 5. The molecule has 1 saturated heterocycles. The molecule has 1 saturated carbocycles. The Labute approximate surface area is 234 Å². The second-order valence-corrected chi connectivity index (χ2v) is 11.4. The first-order valence-corrected chi connectivity index (χ1v) is 14.1. The van der Waals surface area contributed by atoms with Gasteiger partial charge < -0.3 is 19.5 Å². The number of carbonyl (C=O) groups is 2. The monoisotopic (exact) mass is 611 g/mol. The number of fused-ring (bicyclic) bond motifs is 1. The second-order valence-electron chi connectivity index (χ2n) is 9.59. The molecule has 1 aliphatic carbocycles. The molecule has 1 aliphatic heterocycles. The zero-order valence-corrected chi connectivity index (χ0v) is 23.0. The fraction of sp³-hybridized carbons (Fsp3) is 0.259. The van der Waals surface area contributed by atoms with E-state index in [0.717, 1.165) is 34.6 Å². The molecule has 2 amide bonds. The summed E-state index contributed by atoms with van der Waals surface area (Å²) in [6, 6.07) is 10.4. The summed E-state index contributed by atoms with van der Waals surface area (Å²) in [5.41, 5.74) is 1.54. The minimum Gasteiger partial charge on any atom is -0.477 e. The zero-order chi connectivity index (χ0) is 27.3. The second kappa shape index (κ2) is 10.1. The number of carboxylic acid groups (broad SMARTS) is 1. The van der Waals surface area contributed by atoms with Crippen molar-refractivity contribution in [1.29, 1.82) is 0 Å². The highest BCUT2D eigenvalue weighted by atomic mass is 79.9. The Morgan fingerprint density at radius 3 is 2.49 bits per heavy atom. The summed E-state index contributed by atoms with van der Waals surface area (Å²) in [5.74, 6) is -1.91. The maximum absolute atomic E-state index is 15.2. The SMILES string of the molecule is O=C(O)c1cn(C2CC2)c2cc(N3CCN(C(=O)Nc4nc(-c5ccc(Br)cc5)cs4)CC3)c(F)cc2c1=O. The van der Waals surface area contributed by atoms with Crippen molar-refractivity contribution in [1.82, 2.24) is 14.5 Å². The number of piperazine rings is 1. The van der Waals surface area contributed by atoms with Gasteiger partial charge in [-0.25, -0.2) is 19.0 Å². The molecule has 12 heteroatoms. The van der Waals surface area contributed by atoms with Crippen LogP contribution in [0.5, 0.6) is 0 Å². The number of aromatic carboxylic acids is 1. The van der Waals surface area contributed by atoms with Gasteiger partial charge in [0.25, 0.3) is 0 Å². The Kier molecular flexibility index (Phi) is 6.59. The Bertz CT molecular complexity index is 1660. The van der Waals surface area contributed by atoms with E-state index in [1.54, 1.807) is 15.5 Å². The van der Waals surface area contributed by atoms with Crippen LogP contribution in [0.1, 0.15) is 29.2 Å². The molecule has 9 nitrogen and oxygen atoms in total. The van der Waals surface area contributed by atoms with Crippen LogP contribution in [0.3, 0.4) is 0 Å². The van der Waals surface area contributed by atoms with Gasteiger partial charge in [0, 0.05) is 59.2 Å². The number of carbonyl (C=O) groups excluding carboxylic acids is 1. The number of hydrogen-bond donors (Lipinski definition) is 2. The molecule has 0 spiro atoms. The van der Waals surface area contributed by atoms with Crippen LogP contribution in [-0.2, 0) is 0 Å². The molecule has 0 bridgehead atoms. The maximum atomic E-state index is 15.2. The molecule has 2 aromatic heterocycles. The lowest BCUT2D eigenvalue weighted by Gasteiger charge is -2.36. The predicted octanol–water partition coefficient (Wildman–Crippen LogP) is 5.41. The van der Waals surface area contributed by atoms with Gasteiger partial charge in [0.2, 0.25) is 5.43 Å². The van der Waals surface area contributed by atoms with E-state index < -0.39 is 17.2 Å². The summed E-state index contributed by atoms with van der Waals surface area (Å²) in [5, 5.41) is 14.8. The first kappa shape index (κ1) is 25.5. The maximum Gasteiger partial charge on any atom is 0.341 e. The number of pyridine rings is 1. The zero-order valence-electron chi connectivity index (χ0n) is 20.6. The largest absolute Gasteiger partial charge is 0.477 e. The van der Waals surface area contributed by atoms with Crippen molar-refractivity contribution in [3.05, 3.63) is 74.1 Å². The number of nitrogens with one attached hydrogen (secondary N) is 1. The lowest BCUT2D eigenvalue weighted by Crippen LogP contribution is -2.50. The summed E-state index contributed by atoms with van der Waals surface area (Å²) in [4.78, 5) is 45.2. The Morgan fingerprint density at radius 2 is 1.82 bits per heavy atom. The third-order valence-corrected chi connectivity index (χ3v) is 8.32. The van der Waals surface area contributed by atoms with Gasteiger partial charge in [0.1, 0.15) is 11.4 Å². The number of amides is 2. The minimum atomic E-state index is -1.32. The number of hydrogen-bond acceptors (Lipinski definition) is 6. The van der Waals surface area contributed by atoms with E-state index in [2.05, 4.69) is 26.2 Å². The Hall–Kier alpha value is -3.77. The molecule has 3 heterocycles. The van der Waals surface area contributed by atoms with E-state index in [9.17, 15) is 19.5 Å². The van der Waals surface area contributed by atoms with Crippen molar-refractivity contribution in [3.63, 3.8) is 0 Å². The summed E-state index contributed by atoms with van der Waals surface area (Å²) in [6.07, 6.45) is 3.12. The average Bonchev–Trinajstić information content (AvgIpc) is 3.67. The lowest BCUT2D eigenvalue weighted by molar-refractivity contribution is 0.0694. The number of nitrogens with zero attached hydrogens (tertiary/aromatic N) is 4. The Morgan fingerprint density at radius 1 is 1.10 bits per heavy atom. The number of anilines is 2. The van der Waals surface area contributed by atoms with Gasteiger partial charge in [-0.05, 0) is 37.1 Å². The first-order valence-electron chi connectivity index (χ1n) is 12.4. The molecular weight excluding hydrogens is 589 g/mol. The highest BCUT2D eigenvalue weighted by Gasteiger charge is 2.29. The normalized spacial score (nSPS) is 15.5. The molecule has 39 heavy (non-hydrogen) atoms. The molecule has 2 fully saturated rings. The van der Waals surface area contributed by atoms with Crippen molar-refractivity contribution in [2.45, 2.75) is 18.9 Å². The van der Waals surface area contributed by atoms with Crippen LogP contribution in [0.2, 0.25) is 0 Å². The number of benzene rings is 2. The van der Waals surface area contributed by atoms with Crippen molar-refractivity contribution in [2.24, 2.45) is 0 Å². The molecule has 0 radical (unpaired) electrons. The summed E-state index contributed by atoms with van der Waals surface area (Å²) in [6.45, 7) is 1.56. The summed E-state index contributed by atoms with van der Waals surface area (Å²) < 4.78 is 18.0. The number of carboxylic acids is 1. The van der Waals surface area contributed by atoms with Crippen molar-refractivity contribution < 1.29 is 19.1 Å². The smallest absolute Gasteiger partial charge is 0.341 e. The minimum absolute atomic E-state index is 0.0621. The van der Waals surface area contributed by atoms with E-state index in [4.69, 9.17) is 0 Å². The van der Waals surface area contributed by atoms with Gasteiger partial charge in [-0.2, -0.15) is 0 Å². The standard InChI is InChI=1S/C27H23BrFN5O4S/c28-16-3-1-15(2-4-16)21-14-39-26(30-21)31-27(38)33-9-7-32(8-10-33)23-12-22-18(11-20(23)29)24(35)19(25(36)37)13-34(22)17-5-6-17/h1-4,11-14,17H,5-10H2,(H,36,37)(H,30,31,38). The number of urea groups is 1. The van der Waals surface area contributed by atoms with E-state index in [-0.39, 0.29) is 23.0 Å². The third-order valence-electron chi connectivity index (χ3n) is 7.04. The molecule has 6 rings (SSSR count). The van der Waals surface area contributed by atoms with Crippen molar-refractivity contribution in [2.75, 3.05) is 36.4 Å². The van der Waals surface area contributed by atoms with Gasteiger partial charge in [-0.1, -0.05) is 28.1 Å². The van der Waals surface area contributed by atoms with Crippen molar-refractivity contribution in [3.8, 4) is 11.3 Å². The molecule has 0 atom stereocenters. The van der Waals surface area contributed by atoms with Crippen LogP contribution < -0.4 is 15.6 Å². The first-order chi connectivity index (χ1) is 18.8. The average molecular weight is 612 g/mol. The third kappa shape index (κ3) is 5.01. The van der Waals surface area contributed by atoms with Crippen LogP contribution >= 0.6 is 27.3 Å². The predicted molar refractivity (Wildman–Crippen MR) is 151 cm³/mol. The van der Waals surface area contributed by atoms with Crippen LogP contribution in [-0.4, -0.2) is 57.7 Å². The number of thiazole rings is 1. The number of halogens is 2. The Balaban J connectivity index is 1.16. The highest BCUT2D eigenvalue weighted by Crippen LogP contribution is 2.38. The molecule has 2 aliphatic rings. The highest BCUT2D eigenvalue weighted by molar-refractivity contribution is 9.10. The van der Waals surface area contributed by atoms with Gasteiger partial charge >= 0.3 is 12.0 Å². The number of aromatic nitrogens is 2. The summed E-state index contributed by atoms with van der Waals surface area (Å²) in [7, 11) is 0. The topological polar surface area (TPSA) is 108 Å². The van der Waals surface area contributed by atoms with Crippen LogP contribution in [0.4, 0.5) is 20.0 Å². The molecule has 200 valence electrons. The van der Waals surface area contributed by atoms with E-state index in [1.807, 2.05) is 34.5 Å². The molecule has 2 aromatic carbocycles. The van der Waals surface area contributed by atoms with Gasteiger partial charge in [-0.15, -0.1) is 11.3 Å².